The second kappa shape index (κ2) is 7.13. The number of rotatable bonds is 6. The molecule has 1 atom stereocenters. The molecule has 0 saturated heterocycles. The van der Waals surface area contributed by atoms with E-state index in [4.69, 9.17) is 17.3 Å². The summed E-state index contributed by atoms with van der Waals surface area (Å²) in [6, 6.07) is 8.78. The predicted octanol–water partition coefficient (Wildman–Crippen LogP) is 3.71. The zero-order valence-corrected chi connectivity index (χ0v) is 12.6. The fourth-order valence-corrected chi connectivity index (χ4v) is 2.39. The third-order valence-corrected chi connectivity index (χ3v) is 3.37. The minimum atomic E-state index is 0.268. The van der Waals surface area contributed by atoms with Crippen molar-refractivity contribution in [3.05, 3.63) is 34.9 Å². The number of hydrogen-bond donors (Lipinski definition) is 1. The first kappa shape index (κ1) is 15.5. The molecule has 0 aliphatic carbocycles. The highest BCUT2D eigenvalue weighted by molar-refractivity contribution is 6.30. The molecule has 0 aromatic heterocycles. The van der Waals surface area contributed by atoms with Crippen LogP contribution in [0.2, 0.25) is 5.02 Å². The van der Waals surface area contributed by atoms with Crippen LogP contribution in [0.3, 0.4) is 0 Å². The van der Waals surface area contributed by atoms with E-state index in [0.717, 1.165) is 11.6 Å². The third-order valence-electron chi connectivity index (χ3n) is 3.12. The van der Waals surface area contributed by atoms with Gasteiger partial charge in [0.1, 0.15) is 0 Å². The first-order valence-electron chi connectivity index (χ1n) is 6.67. The summed E-state index contributed by atoms with van der Waals surface area (Å²) in [5, 5.41) is 0.773. The molecule has 0 spiro atoms. The fraction of sp³-hybridized carbons (Fsp3) is 0.600. The molecule has 3 heteroatoms. The highest BCUT2D eigenvalue weighted by atomic mass is 35.5. The summed E-state index contributed by atoms with van der Waals surface area (Å²) in [5.41, 5.74) is 7.23. The van der Waals surface area contributed by atoms with E-state index in [2.05, 4.69) is 44.7 Å². The molecule has 0 aliphatic rings. The van der Waals surface area contributed by atoms with Gasteiger partial charge in [0, 0.05) is 30.2 Å². The van der Waals surface area contributed by atoms with Gasteiger partial charge in [-0.2, -0.15) is 0 Å². The Labute approximate surface area is 116 Å². The quantitative estimate of drug-likeness (QED) is 0.852. The Morgan fingerprint density at radius 3 is 2.06 bits per heavy atom. The van der Waals surface area contributed by atoms with E-state index in [9.17, 15) is 0 Å². The number of halogens is 1. The molecule has 1 aromatic carbocycles. The van der Waals surface area contributed by atoms with Crippen LogP contribution in [-0.4, -0.2) is 24.0 Å². The average Bonchev–Trinajstić information content (AvgIpc) is 2.30. The van der Waals surface area contributed by atoms with Crippen LogP contribution in [0.15, 0.2) is 24.3 Å². The van der Waals surface area contributed by atoms with Gasteiger partial charge >= 0.3 is 0 Å². The molecule has 1 rings (SSSR count). The van der Waals surface area contributed by atoms with Gasteiger partial charge in [-0.05, 0) is 37.5 Å². The van der Waals surface area contributed by atoms with Crippen LogP contribution in [0.1, 0.15) is 39.3 Å². The van der Waals surface area contributed by atoms with Gasteiger partial charge < -0.3 is 5.73 Å². The molecule has 0 aliphatic heterocycles. The Kier molecular flexibility index (Phi) is 6.13. The predicted molar refractivity (Wildman–Crippen MR) is 79.9 cm³/mol. The first-order valence-corrected chi connectivity index (χ1v) is 7.04. The van der Waals surface area contributed by atoms with Crippen molar-refractivity contribution in [1.82, 2.24) is 4.90 Å². The maximum atomic E-state index is 5.98. The minimum absolute atomic E-state index is 0.268. The van der Waals surface area contributed by atoms with Crippen molar-refractivity contribution in [3.63, 3.8) is 0 Å². The zero-order chi connectivity index (χ0) is 13.7. The molecule has 1 aromatic rings. The Bertz CT molecular complexity index is 346. The fourth-order valence-electron chi connectivity index (χ4n) is 2.27. The molecule has 0 saturated carbocycles. The van der Waals surface area contributed by atoms with Crippen LogP contribution in [0.25, 0.3) is 0 Å². The standard InChI is InChI=1S/C15H25ClN2/c1-11(2)10-18(12(3)4)15(9-17)13-5-7-14(16)8-6-13/h5-8,11-12,15H,9-10,17H2,1-4H3. The van der Waals surface area contributed by atoms with E-state index in [1.165, 1.54) is 5.56 Å². The van der Waals surface area contributed by atoms with Crippen LogP contribution in [-0.2, 0) is 0 Å². The maximum absolute atomic E-state index is 5.98. The Morgan fingerprint density at radius 2 is 1.67 bits per heavy atom. The van der Waals surface area contributed by atoms with Crippen molar-refractivity contribution in [1.29, 1.82) is 0 Å². The van der Waals surface area contributed by atoms with Crippen LogP contribution >= 0.6 is 11.6 Å². The summed E-state index contributed by atoms with van der Waals surface area (Å²) < 4.78 is 0. The summed E-state index contributed by atoms with van der Waals surface area (Å²) in [6.07, 6.45) is 0. The van der Waals surface area contributed by atoms with Gasteiger partial charge in [-0.1, -0.05) is 37.6 Å². The Balaban J connectivity index is 2.94. The third kappa shape index (κ3) is 4.27. The summed E-state index contributed by atoms with van der Waals surface area (Å²) >= 11 is 5.94. The zero-order valence-electron chi connectivity index (χ0n) is 11.9. The molecule has 18 heavy (non-hydrogen) atoms. The second-order valence-corrected chi connectivity index (χ2v) is 5.92. The summed E-state index contributed by atoms with van der Waals surface area (Å²) in [5.74, 6) is 0.633. The smallest absolute Gasteiger partial charge is 0.0473 e. The van der Waals surface area contributed by atoms with Gasteiger partial charge in [0.25, 0.3) is 0 Å². The van der Waals surface area contributed by atoms with E-state index >= 15 is 0 Å². The molecule has 0 fully saturated rings. The molecule has 0 bridgehead atoms. The SMILES string of the molecule is CC(C)CN(C(C)C)C(CN)c1ccc(Cl)cc1. The lowest BCUT2D eigenvalue weighted by atomic mass is 10.0. The molecule has 2 N–H and O–H groups in total. The largest absolute Gasteiger partial charge is 0.329 e. The highest BCUT2D eigenvalue weighted by Gasteiger charge is 2.22. The van der Waals surface area contributed by atoms with Gasteiger partial charge in [-0.3, -0.25) is 4.90 Å². The lowest BCUT2D eigenvalue weighted by Crippen LogP contribution is -2.40. The molecule has 0 radical (unpaired) electrons. The summed E-state index contributed by atoms with van der Waals surface area (Å²) in [7, 11) is 0. The number of benzene rings is 1. The molecule has 2 nitrogen and oxygen atoms in total. The van der Waals surface area contributed by atoms with Crippen LogP contribution in [0, 0.1) is 5.92 Å². The van der Waals surface area contributed by atoms with Gasteiger partial charge in [0.2, 0.25) is 0 Å². The van der Waals surface area contributed by atoms with E-state index in [1.807, 2.05) is 12.1 Å². The van der Waals surface area contributed by atoms with Gasteiger partial charge in [0.05, 0.1) is 0 Å². The highest BCUT2D eigenvalue weighted by Crippen LogP contribution is 2.24. The number of nitrogens with zero attached hydrogens (tertiary/aromatic N) is 1. The van der Waals surface area contributed by atoms with Crippen molar-refractivity contribution in [2.24, 2.45) is 11.7 Å². The van der Waals surface area contributed by atoms with Crippen LogP contribution < -0.4 is 5.73 Å². The van der Waals surface area contributed by atoms with Crippen LogP contribution in [0.5, 0.6) is 0 Å². The van der Waals surface area contributed by atoms with Crippen molar-refractivity contribution in [2.75, 3.05) is 13.1 Å². The second-order valence-electron chi connectivity index (χ2n) is 5.49. The molecule has 102 valence electrons. The molecule has 0 amide bonds. The van der Waals surface area contributed by atoms with Crippen molar-refractivity contribution in [2.45, 2.75) is 39.8 Å². The lowest BCUT2D eigenvalue weighted by Gasteiger charge is -2.36. The summed E-state index contributed by atoms with van der Waals surface area (Å²) in [4.78, 5) is 2.47. The van der Waals surface area contributed by atoms with E-state index in [-0.39, 0.29) is 6.04 Å². The lowest BCUT2D eigenvalue weighted by molar-refractivity contribution is 0.138. The maximum Gasteiger partial charge on any atom is 0.0473 e. The molecular weight excluding hydrogens is 244 g/mol. The normalized spacial score (nSPS) is 13.6. The molecular formula is C15H25ClN2. The van der Waals surface area contributed by atoms with Gasteiger partial charge in [-0.15, -0.1) is 0 Å². The minimum Gasteiger partial charge on any atom is -0.329 e. The molecule has 0 heterocycles. The van der Waals surface area contributed by atoms with Crippen molar-refractivity contribution < 1.29 is 0 Å². The van der Waals surface area contributed by atoms with E-state index < -0.39 is 0 Å². The van der Waals surface area contributed by atoms with E-state index in [0.29, 0.717) is 18.5 Å². The number of hydrogen-bond acceptors (Lipinski definition) is 2. The first-order chi connectivity index (χ1) is 8.45. The topological polar surface area (TPSA) is 29.3 Å². The summed E-state index contributed by atoms with van der Waals surface area (Å²) in [6.45, 7) is 10.6. The van der Waals surface area contributed by atoms with E-state index in [1.54, 1.807) is 0 Å². The van der Waals surface area contributed by atoms with Crippen molar-refractivity contribution >= 4 is 11.6 Å². The van der Waals surface area contributed by atoms with Crippen molar-refractivity contribution in [3.8, 4) is 0 Å². The van der Waals surface area contributed by atoms with Gasteiger partial charge in [0.15, 0.2) is 0 Å². The van der Waals surface area contributed by atoms with Crippen LogP contribution in [0.4, 0.5) is 0 Å². The Morgan fingerprint density at radius 1 is 1.11 bits per heavy atom. The monoisotopic (exact) mass is 268 g/mol. The van der Waals surface area contributed by atoms with Gasteiger partial charge in [-0.25, -0.2) is 0 Å². The Hall–Kier alpha value is -0.570. The number of nitrogens with two attached hydrogens (primary N) is 1. The average molecular weight is 269 g/mol. The molecule has 1 unspecified atom stereocenters.